The third-order valence-electron chi connectivity index (χ3n) is 6.57. The number of carbonyl (C=O) groups is 1. The fourth-order valence-electron chi connectivity index (χ4n) is 4.01. The first kappa shape index (κ1) is 39.2. The number of likely N-dealkylation sites (N-methyl/N-ethyl adjacent to an activating group) is 1. The van der Waals surface area contributed by atoms with Crippen LogP contribution in [0, 0.1) is 0 Å². The second-order valence-electron chi connectivity index (χ2n) is 11.8. The zero-order chi connectivity index (χ0) is 30.0. The molecule has 238 valence electrons. The summed E-state index contributed by atoms with van der Waals surface area (Å²) < 4.78 is 34.0. The van der Waals surface area contributed by atoms with Gasteiger partial charge in [0.15, 0.2) is 0 Å². The number of allylic oxidation sites excluding steroid dienone is 2. The molecule has 0 aromatic rings. The monoisotopic (exact) mass is 591 g/mol. The van der Waals surface area contributed by atoms with Crippen LogP contribution in [-0.4, -0.2) is 70.7 Å². The quantitative estimate of drug-likeness (QED) is 0.0295. The van der Waals surface area contributed by atoms with Crippen molar-refractivity contribution in [3.63, 3.8) is 0 Å². The molecule has 0 saturated heterocycles. The summed E-state index contributed by atoms with van der Waals surface area (Å²) in [7, 11) is 1.35. The fourth-order valence-corrected chi connectivity index (χ4v) is 4.74. The molecule has 8 nitrogen and oxygen atoms in total. The first-order valence-corrected chi connectivity index (χ1v) is 17.4. The number of phosphoric acid groups is 1. The minimum atomic E-state index is -4.50. The molecule has 0 heterocycles. The Hall–Kier alpha value is -0.760. The van der Waals surface area contributed by atoms with Crippen LogP contribution in [0.2, 0.25) is 0 Å². The molecule has 2 unspecified atom stereocenters. The van der Waals surface area contributed by atoms with Gasteiger partial charge < -0.3 is 27.9 Å². The van der Waals surface area contributed by atoms with Gasteiger partial charge in [-0.25, -0.2) is 0 Å². The number of nitrogens with zero attached hydrogens (tertiary/aromatic N) is 1. The normalized spacial score (nSPS) is 14.4. The molecule has 9 heteroatoms. The van der Waals surface area contributed by atoms with Gasteiger partial charge in [0.25, 0.3) is 7.82 Å². The lowest BCUT2D eigenvalue weighted by Crippen LogP contribution is -2.37. The number of ether oxygens (including phenoxy) is 2. The molecule has 0 amide bonds. The Balaban J connectivity index is 4.26. The summed E-state index contributed by atoms with van der Waals surface area (Å²) in [5.74, 6) is -0.351. The van der Waals surface area contributed by atoms with Crippen molar-refractivity contribution >= 4 is 13.8 Å². The van der Waals surface area contributed by atoms with Crippen LogP contribution in [-0.2, 0) is 27.9 Å². The third kappa shape index (κ3) is 28.8. The van der Waals surface area contributed by atoms with Crippen LogP contribution in [0.4, 0.5) is 0 Å². The van der Waals surface area contributed by atoms with E-state index in [2.05, 4.69) is 26.0 Å². The van der Waals surface area contributed by atoms with Crippen molar-refractivity contribution < 1.29 is 37.3 Å². The van der Waals surface area contributed by atoms with E-state index >= 15 is 0 Å². The standard InChI is InChI=1S/C31H62NO7P/c1-6-8-10-12-13-14-15-16-17-18-19-21-23-26-36-28-30(39-31(33)24-22-20-11-9-7-2)29-38-40(34,35)37-27-25-32(3,4)5/h13-14,30H,6-12,15-29H2,1-5H3/b14-13-. The lowest BCUT2D eigenvalue weighted by molar-refractivity contribution is -0.870. The Labute approximate surface area is 246 Å². The molecule has 0 radical (unpaired) electrons. The Morgan fingerprint density at radius 2 is 1.30 bits per heavy atom. The van der Waals surface area contributed by atoms with Crippen LogP contribution in [0.3, 0.4) is 0 Å². The molecule has 40 heavy (non-hydrogen) atoms. The van der Waals surface area contributed by atoms with Gasteiger partial charge in [0.2, 0.25) is 0 Å². The highest BCUT2D eigenvalue weighted by molar-refractivity contribution is 7.45. The topological polar surface area (TPSA) is 94.1 Å². The molecule has 0 rings (SSSR count). The smallest absolute Gasteiger partial charge is 0.306 e. The molecule has 0 aliphatic rings. The maximum Gasteiger partial charge on any atom is 0.306 e. The number of hydrogen-bond acceptors (Lipinski definition) is 7. The Morgan fingerprint density at radius 3 is 1.95 bits per heavy atom. The number of phosphoric ester groups is 1. The molecule has 0 bridgehead atoms. The van der Waals surface area contributed by atoms with Gasteiger partial charge in [-0.05, 0) is 38.5 Å². The average molecular weight is 592 g/mol. The van der Waals surface area contributed by atoms with Gasteiger partial charge in [-0.3, -0.25) is 9.36 Å². The second-order valence-corrected chi connectivity index (χ2v) is 13.2. The average Bonchev–Trinajstić information content (AvgIpc) is 2.88. The Morgan fingerprint density at radius 1 is 0.750 bits per heavy atom. The number of rotatable bonds is 29. The first-order valence-electron chi connectivity index (χ1n) is 15.9. The number of esters is 1. The van der Waals surface area contributed by atoms with Crippen LogP contribution >= 0.6 is 7.82 Å². The number of carbonyl (C=O) groups excluding carboxylic acids is 1. The maximum absolute atomic E-state index is 12.3. The SMILES string of the molecule is CCCCC/C=C\CCCCCCCCOCC(COP(=O)([O-])OCC[N+](C)(C)C)OC(=O)CCCCCCC. The van der Waals surface area contributed by atoms with Gasteiger partial charge >= 0.3 is 5.97 Å². The van der Waals surface area contributed by atoms with Crippen molar-refractivity contribution in [2.75, 3.05) is 54.1 Å². The van der Waals surface area contributed by atoms with Crippen molar-refractivity contribution in [1.82, 2.24) is 0 Å². The van der Waals surface area contributed by atoms with Gasteiger partial charge in [-0.2, -0.15) is 0 Å². The predicted octanol–water partition coefficient (Wildman–Crippen LogP) is 7.35. The van der Waals surface area contributed by atoms with E-state index in [0.717, 1.165) is 44.9 Å². The summed E-state index contributed by atoms with van der Waals surface area (Å²) >= 11 is 0. The van der Waals surface area contributed by atoms with E-state index in [9.17, 15) is 14.3 Å². The van der Waals surface area contributed by atoms with Crippen LogP contribution in [0.25, 0.3) is 0 Å². The molecule has 0 saturated carbocycles. The van der Waals surface area contributed by atoms with Gasteiger partial charge in [0.05, 0.1) is 34.4 Å². The van der Waals surface area contributed by atoms with E-state index in [4.69, 9.17) is 18.5 Å². The molecule has 0 fully saturated rings. The summed E-state index contributed by atoms with van der Waals surface area (Å²) in [4.78, 5) is 24.5. The van der Waals surface area contributed by atoms with Crippen molar-refractivity contribution in [3.8, 4) is 0 Å². The fraction of sp³-hybridized carbons (Fsp3) is 0.903. The molecule has 0 spiro atoms. The highest BCUT2D eigenvalue weighted by atomic mass is 31.2. The van der Waals surface area contributed by atoms with Crippen molar-refractivity contribution in [1.29, 1.82) is 0 Å². The largest absolute Gasteiger partial charge is 0.756 e. The maximum atomic E-state index is 12.3. The zero-order valence-electron chi connectivity index (χ0n) is 26.5. The Bertz CT molecular complexity index is 667. The summed E-state index contributed by atoms with van der Waals surface area (Å²) in [6.45, 7) is 5.27. The van der Waals surface area contributed by atoms with E-state index in [1.807, 2.05) is 21.1 Å². The zero-order valence-corrected chi connectivity index (χ0v) is 27.4. The van der Waals surface area contributed by atoms with E-state index in [-0.39, 0.29) is 25.8 Å². The Kier molecular flexibility index (Phi) is 25.4. The van der Waals surface area contributed by atoms with Gasteiger partial charge in [0, 0.05) is 13.0 Å². The first-order chi connectivity index (χ1) is 19.1. The molecular weight excluding hydrogens is 529 g/mol. The molecule has 0 aliphatic carbocycles. The minimum Gasteiger partial charge on any atom is -0.756 e. The lowest BCUT2D eigenvalue weighted by atomic mass is 10.1. The van der Waals surface area contributed by atoms with Crippen LogP contribution in [0.15, 0.2) is 12.2 Å². The van der Waals surface area contributed by atoms with Crippen LogP contribution in [0.1, 0.15) is 123 Å². The second kappa shape index (κ2) is 25.9. The highest BCUT2D eigenvalue weighted by Crippen LogP contribution is 2.38. The summed E-state index contributed by atoms with van der Waals surface area (Å²) in [6.07, 6.45) is 22.5. The number of unbranched alkanes of at least 4 members (excludes halogenated alkanes) is 13. The minimum absolute atomic E-state index is 0.0265. The van der Waals surface area contributed by atoms with Gasteiger partial charge in [-0.15, -0.1) is 0 Å². The van der Waals surface area contributed by atoms with Crippen LogP contribution in [0.5, 0.6) is 0 Å². The van der Waals surface area contributed by atoms with Crippen molar-refractivity contribution in [2.24, 2.45) is 0 Å². The summed E-state index contributed by atoms with van der Waals surface area (Å²) in [5.41, 5.74) is 0. The van der Waals surface area contributed by atoms with E-state index in [1.165, 1.54) is 57.8 Å². The third-order valence-corrected chi connectivity index (χ3v) is 7.53. The molecule has 0 N–H and O–H groups in total. The predicted molar refractivity (Wildman–Crippen MR) is 162 cm³/mol. The lowest BCUT2D eigenvalue weighted by Gasteiger charge is -2.28. The molecule has 2 atom stereocenters. The highest BCUT2D eigenvalue weighted by Gasteiger charge is 2.20. The van der Waals surface area contributed by atoms with E-state index < -0.39 is 13.9 Å². The van der Waals surface area contributed by atoms with Crippen LogP contribution < -0.4 is 4.89 Å². The molecule has 0 aliphatic heterocycles. The van der Waals surface area contributed by atoms with Crippen molar-refractivity contribution in [3.05, 3.63) is 12.2 Å². The summed E-state index contributed by atoms with van der Waals surface area (Å²) in [5, 5.41) is 0. The van der Waals surface area contributed by atoms with Gasteiger partial charge in [0.1, 0.15) is 19.3 Å². The molecule has 0 aromatic carbocycles. The number of quaternary nitrogens is 1. The van der Waals surface area contributed by atoms with E-state index in [0.29, 0.717) is 24.1 Å². The number of hydrogen-bond donors (Lipinski definition) is 0. The summed E-state index contributed by atoms with van der Waals surface area (Å²) in [6, 6.07) is 0. The van der Waals surface area contributed by atoms with Crippen molar-refractivity contribution in [2.45, 2.75) is 129 Å². The molecular formula is C31H62NO7P. The van der Waals surface area contributed by atoms with Gasteiger partial charge in [-0.1, -0.05) is 90.2 Å². The molecule has 0 aromatic heterocycles. The van der Waals surface area contributed by atoms with E-state index in [1.54, 1.807) is 0 Å².